The lowest BCUT2D eigenvalue weighted by molar-refractivity contribution is -0.125. The highest BCUT2D eigenvalue weighted by Gasteiger charge is 2.61. The van der Waals surface area contributed by atoms with E-state index in [1.165, 1.54) is 6.42 Å². The van der Waals surface area contributed by atoms with E-state index in [0.29, 0.717) is 12.0 Å². The number of carbonyl (C=O) groups excluding carboxylic acids is 1. The summed E-state index contributed by atoms with van der Waals surface area (Å²) in [5.74, 6) is 1.03. The lowest BCUT2D eigenvalue weighted by atomic mass is 10.1. The number of amides is 1. The summed E-state index contributed by atoms with van der Waals surface area (Å²) in [4.78, 5) is 14.1. The Morgan fingerprint density at radius 2 is 2.07 bits per heavy atom. The number of rotatable bonds is 3. The van der Waals surface area contributed by atoms with Gasteiger partial charge in [0.25, 0.3) is 0 Å². The first kappa shape index (κ1) is 10.9. The van der Waals surface area contributed by atoms with Crippen LogP contribution in [0.1, 0.15) is 34.1 Å². The van der Waals surface area contributed by atoms with Gasteiger partial charge in [-0.25, -0.2) is 0 Å². The van der Waals surface area contributed by atoms with Crippen molar-refractivity contribution in [3.8, 4) is 0 Å². The van der Waals surface area contributed by atoms with Crippen LogP contribution in [0.15, 0.2) is 0 Å². The number of likely N-dealkylation sites (tertiary alicyclic amines) is 1. The van der Waals surface area contributed by atoms with Crippen molar-refractivity contribution in [1.82, 2.24) is 10.2 Å². The topological polar surface area (TPSA) is 32.3 Å². The number of fused-ring (bicyclic) bond motifs is 1. The molecule has 2 rings (SSSR count). The minimum Gasteiger partial charge on any atom is -0.349 e. The molecule has 1 saturated carbocycles. The number of piperidine rings is 1. The quantitative estimate of drug-likeness (QED) is 0.760. The van der Waals surface area contributed by atoms with Crippen LogP contribution in [-0.2, 0) is 4.79 Å². The second-order valence-corrected chi connectivity index (χ2v) is 5.72. The smallest absolute Gasteiger partial charge is 0.223 e. The van der Waals surface area contributed by atoms with E-state index in [1.807, 2.05) is 13.8 Å². The molecule has 0 unspecified atom stereocenters. The molecule has 1 amide bonds. The fourth-order valence-electron chi connectivity index (χ4n) is 2.50. The summed E-state index contributed by atoms with van der Waals surface area (Å²) in [7, 11) is 0. The average Bonchev–Trinajstić information content (AvgIpc) is 2.67. The minimum atomic E-state index is 0.105. The Hall–Kier alpha value is -0.570. The van der Waals surface area contributed by atoms with Gasteiger partial charge in [0.1, 0.15) is 0 Å². The van der Waals surface area contributed by atoms with Gasteiger partial charge in [-0.05, 0) is 26.2 Å². The van der Waals surface area contributed by atoms with Crippen molar-refractivity contribution < 1.29 is 4.79 Å². The van der Waals surface area contributed by atoms with Gasteiger partial charge >= 0.3 is 0 Å². The Morgan fingerprint density at radius 1 is 1.40 bits per heavy atom. The predicted octanol–water partition coefficient (Wildman–Crippen LogP) is 1.24. The van der Waals surface area contributed by atoms with E-state index in [1.54, 1.807) is 0 Å². The summed E-state index contributed by atoms with van der Waals surface area (Å²) in [6.07, 6.45) is 1.19. The normalized spacial score (nSPS) is 34.7. The van der Waals surface area contributed by atoms with E-state index in [2.05, 4.69) is 24.1 Å². The molecule has 3 nitrogen and oxygen atoms in total. The summed E-state index contributed by atoms with van der Waals surface area (Å²) in [5.41, 5.74) is 0.144. The van der Waals surface area contributed by atoms with Crippen molar-refractivity contribution in [1.29, 1.82) is 0 Å². The van der Waals surface area contributed by atoms with Crippen LogP contribution in [0.5, 0.6) is 0 Å². The Balaban J connectivity index is 1.92. The zero-order valence-electron chi connectivity index (χ0n) is 10.2. The summed E-state index contributed by atoms with van der Waals surface area (Å²) in [6.45, 7) is 10.6. The van der Waals surface area contributed by atoms with Crippen molar-refractivity contribution in [2.24, 2.45) is 11.8 Å². The molecule has 3 heteroatoms. The second-order valence-electron chi connectivity index (χ2n) is 5.72. The van der Waals surface area contributed by atoms with Crippen molar-refractivity contribution >= 4 is 5.91 Å². The third-order valence-electron chi connectivity index (χ3n) is 3.80. The molecule has 0 aromatic rings. The molecular weight excluding hydrogens is 188 g/mol. The molecule has 0 aromatic carbocycles. The molecule has 0 spiro atoms. The zero-order valence-corrected chi connectivity index (χ0v) is 10.2. The maximum atomic E-state index is 11.7. The van der Waals surface area contributed by atoms with Crippen LogP contribution in [0.4, 0.5) is 0 Å². The molecule has 2 atom stereocenters. The van der Waals surface area contributed by atoms with Gasteiger partial charge < -0.3 is 5.32 Å². The van der Waals surface area contributed by atoms with Crippen LogP contribution >= 0.6 is 0 Å². The molecule has 0 bridgehead atoms. The van der Waals surface area contributed by atoms with Gasteiger partial charge in [-0.2, -0.15) is 0 Å². The van der Waals surface area contributed by atoms with Gasteiger partial charge in [-0.3, -0.25) is 9.69 Å². The third kappa shape index (κ3) is 1.89. The third-order valence-corrected chi connectivity index (χ3v) is 3.80. The first-order valence-electron chi connectivity index (χ1n) is 6.01. The van der Waals surface area contributed by atoms with Gasteiger partial charge in [0, 0.05) is 25.0 Å². The number of hydrogen-bond acceptors (Lipinski definition) is 2. The highest BCUT2D eigenvalue weighted by molar-refractivity contribution is 5.79. The van der Waals surface area contributed by atoms with Crippen LogP contribution in [0.25, 0.3) is 0 Å². The van der Waals surface area contributed by atoms with Crippen molar-refractivity contribution in [3.05, 3.63) is 0 Å². The van der Waals surface area contributed by atoms with Gasteiger partial charge in [0.2, 0.25) is 5.91 Å². The minimum absolute atomic E-state index is 0.105. The zero-order chi connectivity index (χ0) is 11.2. The molecule has 0 aromatic heterocycles. The molecule has 86 valence electrons. The van der Waals surface area contributed by atoms with Crippen molar-refractivity contribution in [2.75, 3.05) is 13.1 Å². The molecule has 0 radical (unpaired) electrons. The van der Waals surface area contributed by atoms with Crippen molar-refractivity contribution in [2.45, 2.75) is 45.7 Å². The monoisotopic (exact) mass is 210 g/mol. The van der Waals surface area contributed by atoms with E-state index in [0.717, 1.165) is 13.1 Å². The van der Waals surface area contributed by atoms with Gasteiger partial charge in [-0.15, -0.1) is 0 Å². The van der Waals surface area contributed by atoms with Crippen LogP contribution in [0.3, 0.4) is 0 Å². The van der Waals surface area contributed by atoms with Gasteiger partial charge in [0.05, 0.1) is 5.54 Å². The summed E-state index contributed by atoms with van der Waals surface area (Å²) >= 11 is 0. The summed E-state index contributed by atoms with van der Waals surface area (Å²) < 4.78 is 0. The average molecular weight is 210 g/mol. The first-order valence-corrected chi connectivity index (χ1v) is 6.01. The highest BCUT2D eigenvalue weighted by atomic mass is 16.2. The standard InChI is InChI=1S/C12H22N2O/c1-8(2)11(15)13-12-5-10(12)6-14(7-12)9(3)4/h8-10H,5-7H2,1-4H3,(H,13,15)/t10-,12-/m1/s1. The lowest BCUT2D eigenvalue weighted by Gasteiger charge is -2.25. The number of nitrogens with one attached hydrogen (secondary N) is 1. The Labute approximate surface area is 92.2 Å². The molecule has 2 aliphatic rings. The van der Waals surface area contributed by atoms with Crippen LogP contribution in [0, 0.1) is 11.8 Å². The predicted molar refractivity (Wildman–Crippen MR) is 60.5 cm³/mol. The molecule has 2 fully saturated rings. The maximum Gasteiger partial charge on any atom is 0.223 e. The molecule has 1 aliphatic heterocycles. The molecule has 15 heavy (non-hydrogen) atoms. The van der Waals surface area contributed by atoms with E-state index < -0.39 is 0 Å². The van der Waals surface area contributed by atoms with Gasteiger partial charge in [-0.1, -0.05) is 13.8 Å². The van der Waals surface area contributed by atoms with Crippen molar-refractivity contribution in [3.63, 3.8) is 0 Å². The Bertz CT molecular complexity index is 275. The maximum absolute atomic E-state index is 11.7. The SMILES string of the molecule is CC(C)C(=O)N[C@@]12C[C@@H]1CN(C(C)C)C2. The van der Waals surface area contributed by atoms with E-state index >= 15 is 0 Å². The van der Waals surface area contributed by atoms with E-state index in [9.17, 15) is 4.79 Å². The fourth-order valence-corrected chi connectivity index (χ4v) is 2.50. The molecule has 1 saturated heterocycles. The Morgan fingerprint density at radius 3 is 2.53 bits per heavy atom. The largest absolute Gasteiger partial charge is 0.349 e. The van der Waals surface area contributed by atoms with E-state index in [-0.39, 0.29) is 17.4 Å². The molecule has 1 heterocycles. The lowest BCUT2D eigenvalue weighted by Crippen LogP contribution is -2.45. The van der Waals surface area contributed by atoms with Gasteiger partial charge in [0.15, 0.2) is 0 Å². The first-order chi connectivity index (χ1) is 6.94. The second kappa shape index (κ2) is 3.48. The fraction of sp³-hybridized carbons (Fsp3) is 0.917. The molecular formula is C12H22N2O. The summed E-state index contributed by atoms with van der Waals surface area (Å²) in [5, 5.41) is 3.23. The molecule has 1 N–H and O–H groups in total. The van der Waals surface area contributed by atoms with Crippen LogP contribution < -0.4 is 5.32 Å². The number of carbonyl (C=O) groups is 1. The summed E-state index contributed by atoms with van der Waals surface area (Å²) in [6, 6.07) is 0.602. The number of hydrogen-bond donors (Lipinski definition) is 1. The van der Waals surface area contributed by atoms with E-state index in [4.69, 9.17) is 0 Å². The van der Waals surface area contributed by atoms with Crippen LogP contribution in [-0.4, -0.2) is 35.5 Å². The highest BCUT2D eigenvalue weighted by Crippen LogP contribution is 2.50. The van der Waals surface area contributed by atoms with Crippen LogP contribution in [0.2, 0.25) is 0 Å². The Kier molecular flexibility index (Phi) is 2.53. The molecule has 1 aliphatic carbocycles. The number of nitrogens with zero attached hydrogens (tertiary/aromatic N) is 1.